The number of fused-ring (bicyclic) bond motifs is 1. The van der Waals surface area contributed by atoms with Gasteiger partial charge in [-0.25, -0.2) is 18.2 Å². The third-order valence-electron chi connectivity index (χ3n) is 5.19. The van der Waals surface area contributed by atoms with Gasteiger partial charge in [-0.1, -0.05) is 6.07 Å². The van der Waals surface area contributed by atoms with Crippen LogP contribution in [-0.4, -0.2) is 76.0 Å². The van der Waals surface area contributed by atoms with Crippen LogP contribution in [0.2, 0.25) is 0 Å². The molecule has 10 nitrogen and oxygen atoms in total. The van der Waals surface area contributed by atoms with Gasteiger partial charge in [0, 0.05) is 26.2 Å². The van der Waals surface area contributed by atoms with Crippen LogP contribution in [0.4, 0.5) is 0 Å². The maximum atomic E-state index is 13.1. The van der Waals surface area contributed by atoms with E-state index in [1.54, 1.807) is 30.9 Å². The first-order chi connectivity index (χ1) is 15.3. The summed E-state index contributed by atoms with van der Waals surface area (Å²) in [5.41, 5.74) is 1.81. The summed E-state index contributed by atoms with van der Waals surface area (Å²) in [6.45, 7) is 4.37. The second kappa shape index (κ2) is 8.88. The molecule has 1 fully saturated rings. The van der Waals surface area contributed by atoms with E-state index in [2.05, 4.69) is 13.7 Å². The van der Waals surface area contributed by atoms with E-state index in [9.17, 15) is 18.0 Å². The molecule has 1 aliphatic heterocycles. The van der Waals surface area contributed by atoms with E-state index >= 15 is 0 Å². The zero-order valence-corrected chi connectivity index (χ0v) is 19.1. The second-order valence-corrected chi connectivity index (χ2v) is 9.57. The number of hydrogen-bond acceptors (Lipinski definition) is 9. The number of carbonyl (C=O) groups excluding carboxylic acids is 2. The number of esters is 1. The number of sulfonamides is 1. The van der Waals surface area contributed by atoms with Crippen LogP contribution >= 0.6 is 11.7 Å². The Labute approximate surface area is 189 Å². The Kier molecular flexibility index (Phi) is 6.17. The quantitative estimate of drug-likeness (QED) is 0.511. The van der Waals surface area contributed by atoms with Gasteiger partial charge in [0.2, 0.25) is 10.0 Å². The van der Waals surface area contributed by atoms with Crippen molar-refractivity contribution in [2.24, 2.45) is 0 Å². The van der Waals surface area contributed by atoms with Gasteiger partial charge in [0.15, 0.2) is 0 Å². The van der Waals surface area contributed by atoms with Crippen LogP contribution in [0.5, 0.6) is 0 Å². The second-order valence-electron chi connectivity index (χ2n) is 7.13. The van der Waals surface area contributed by atoms with Gasteiger partial charge in [0.1, 0.15) is 21.6 Å². The van der Waals surface area contributed by atoms with Gasteiger partial charge in [-0.3, -0.25) is 4.79 Å². The van der Waals surface area contributed by atoms with Crippen LogP contribution < -0.4 is 0 Å². The number of piperazine rings is 1. The van der Waals surface area contributed by atoms with Crippen LogP contribution in [-0.2, 0) is 14.8 Å². The SMILES string of the molecule is CCOC(=O)c1ccc(C(=O)N2CCN(S(=O)(=O)c3cccc4nsnc34)CC2)nc1C. The summed E-state index contributed by atoms with van der Waals surface area (Å²) in [6.07, 6.45) is 0. The molecule has 12 heteroatoms. The molecule has 0 unspecified atom stereocenters. The fourth-order valence-corrected chi connectivity index (χ4v) is 5.70. The summed E-state index contributed by atoms with van der Waals surface area (Å²) in [5, 5.41) is 0. The number of aryl methyl sites for hydroxylation is 1. The molecule has 0 saturated carbocycles. The van der Waals surface area contributed by atoms with Crippen molar-refractivity contribution in [1.82, 2.24) is 22.9 Å². The van der Waals surface area contributed by atoms with Gasteiger partial charge in [-0.2, -0.15) is 13.1 Å². The number of hydrogen-bond donors (Lipinski definition) is 0. The normalized spacial score (nSPS) is 15.1. The summed E-state index contributed by atoms with van der Waals surface area (Å²) in [7, 11) is -3.77. The zero-order valence-electron chi connectivity index (χ0n) is 17.5. The summed E-state index contributed by atoms with van der Waals surface area (Å²) in [6, 6.07) is 7.90. The lowest BCUT2D eigenvalue weighted by Crippen LogP contribution is -2.50. The van der Waals surface area contributed by atoms with Crippen molar-refractivity contribution < 1.29 is 22.7 Å². The van der Waals surface area contributed by atoms with E-state index in [0.29, 0.717) is 22.3 Å². The van der Waals surface area contributed by atoms with E-state index < -0.39 is 16.0 Å². The van der Waals surface area contributed by atoms with Gasteiger partial charge in [-0.15, -0.1) is 0 Å². The van der Waals surface area contributed by atoms with Gasteiger partial charge in [0.05, 0.1) is 29.6 Å². The predicted octanol–water partition coefficient (Wildman–Crippen LogP) is 1.72. The fourth-order valence-electron chi connectivity index (χ4n) is 3.53. The molecule has 1 aliphatic rings. The molecule has 1 saturated heterocycles. The Morgan fingerprint density at radius 1 is 1.09 bits per heavy atom. The standard InChI is InChI=1S/C20H21N5O5S2/c1-3-30-20(27)14-7-8-16(21-13(14)2)19(26)24-9-11-25(12-10-24)32(28,29)17-6-4-5-15-18(17)23-31-22-15/h4-8H,3,9-12H2,1-2H3. The molecule has 0 aliphatic carbocycles. The Balaban J connectivity index is 1.47. The van der Waals surface area contributed by atoms with Gasteiger partial charge in [0.25, 0.3) is 5.91 Å². The minimum absolute atomic E-state index is 0.121. The third kappa shape index (κ3) is 4.08. The molecule has 168 valence electrons. The van der Waals surface area contributed by atoms with Crippen molar-refractivity contribution >= 4 is 44.7 Å². The van der Waals surface area contributed by atoms with Gasteiger partial charge in [-0.05, 0) is 38.1 Å². The summed E-state index contributed by atoms with van der Waals surface area (Å²) < 4.78 is 40.9. The van der Waals surface area contributed by atoms with Gasteiger partial charge < -0.3 is 9.64 Å². The average Bonchev–Trinajstić information content (AvgIpc) is 3.27. The van der Waals surface area contributed by atoms with Crippen LogP contribution in [0.3, 0.4) is 0 Å². The zero-order chi connectivity index (χ0) is 22.9. The smallest absolute Gasteiger partial charge is 0.339 e. The molecule has 0 spiro atoms. The Hall–Kier alpha value is -2.96. The van der Waals surface area contributed by atoms with Crippen molar-refractivity contribution in [2.75, 3.05) is 32.8 Å². The first kappa shape index (κ1) is 22.2. The highest BCUT2D eigenvalue weighted by Crippen LogP contribution is 2.25. The van der Waals surface area contributed by atoms with Crippen molar-refractivity contribution in [3.05, 3.63) is 47.3 Å². The molecular formula is C20H21N5O5S2. The van der Waals surface area contributed by atoms with Crippen LogP contribution in [0, 0.1) is 6.92 Å². The van der Waals surface area contributed by atoms with E-state index in [0.717, 1.165) is 11.7 Å². The molecule has 3 aromatic rings. The highest BCUT2D eigenvalue weighted by molar-refractivity contribution is 7.89. The van der Waals surface area contributed by atoms with Crippen molar-refractivity contribution in [2.45, 2.75) is 18.7 Å². The van der Waals surface area contributed by atoms with Crippen LogP contribution in [0.1, 0.15) is 33.5 Å². The molecule has 0 bridgehead atoms. The molecule has 4 rings (SSSR count). The Bertz CT molecular complexity index is 1280. The average molecular weight is 476 g/mol. The van der Waals surface area contributed by atoms with E-state index in [1.165, 1.54) is 22.5 Å². The number of carbonyl (C=O) groups is 2. The Morgan fingerprint density at radius 2 is 1.84 bits per heavy atom. The summed E-state index contributed by atoms with van der Waals surface area (Å²) >= 11 is 0.966. The molecule has 2 aromatic heterocycles. The maximum Gasteiger partial charge on any atom is 0.339 e. The molecule has 0 N–H and O–H groups in total. The molecule has 0 radical (unpaired) electrons. The molecule has 0 atom stereocenters. The molecule has 1 aromatic carbocycles. The summed E-state index contributed by atoms with van der Waals surface area (Å²) in [5.74, 6) is -0.799. The van der Waals surface area contributed by atoms with E-state index in [4.69, 9.17) is 4.74 Å². The topological polar surface area (TPSA) is 123 Å². The lowest BCUT2D eigenvalue weighted by molar-refractivity contribution is 0.0523. The van der Waals surface area contributed by atoms with Gasteiger partial charge >= 0.3 is 5.97 Å². The first-order valence-electron chi connectivity index (χ1n) is 9.98. The van der Waals surface area contributed by atoms with E-state index in [1.807, 2.05) is 0 Å². The molecule has 1 amide bonds. The number of rotatable bonds is 5. The maximum absolute atomic E-state index is 13.1. The number of pyridine rings is 1. The van der Waals surface area contributed by atoms with Crippen LogP contribution in [0.25, 0.3) is 11.0 Å². The molecular weight excluding hydrogens is 454 g/mol. The first-order valence-corrected chi connectivity index (χ1v) is 12.2. The monoisotopic (exact) mass is 475 g/mol. The van der Waals surface area contributed by atoms with Crippen molar-refractivity contribution in [3.63, 3.8) is 0 Å². The number of aromatic nitrogens is 3. The molecule has 32 heavy (non-hydrogen) atoms. The van der Waals surface area contributed by atoms with E-state index in [-0.39, 0.29) is 49.3 Å². The third-order valence-corrected chi connectivity index (χ3v) is 7.67. The lowest BCUT2D eigenvalue weighted by atomic mass is 10.1. The molecule has 3 heterocycles. The highest BCUT2D eigenvalue weighted by Gasteiger charge is 2.32. The Morgan fingerprint density at radius 3 is 2.53 bits per heavy atom. The number of amides is 1. The van der Waals surface area contributed by atoms with Crippen molar-refractivity contribution in [1.29, 1.82) is 0 Å². The minimum atomic E-state index is -3.77. The van der Waals surface area contributed by atoms with Crippen molar-refractivity contribution in [3.8, 4) is 0 Å². The number of benzene rings is 1. The number of nitrogens with zero attached hydrogens (tertiary/aromatic N) is 5. The highest BCUT2D eigenvalue weighted by atomic mass is 32.2. The number of ether oxygens (including phenoxy) is 1. The predicted molar refractivity (Wildman–Crippen MR) is 117 cm³/mol. The lowest BCUT2D eigenvalue weighted by Gasteiger charge is -2.33. The summed E-state index contributed by atoms with van der Waals surface area (Å²) in [4.78, 5) is 30.8. The van der Waals surface area contributed by atoms with Crippen LogP contribution in [0.15, 0.2) is 35.2 Å². The minimum Gasteiger partial charge on any atom is -0.462 e. The fraction of sp³-hybridized carbons (Fsp3) is 0.350. The largest absolute Gasteiger partial charge is 0.462 e.